The Labute approximate surface area is 101 Å². The fraction of sp³-hybridized carbons (Fsp3) is 0.357. The lowest BCUT2D eigenvalue weighted by Gasteiger charge is -2.13. The first-order valence-electron chi connectivity index (χ1n) is 5.48. The highest BCUT2D eigenvalue weighted by Crippen LogP contribution is 2.49. The third-order valence-corrected chi connectivity index (χ3v) is 3.06. The molecule has 0 heterocycles. The molecule has 1 aromatic carbocycles. The molecule has 1 fully saturated rings. The summed E-state index contributed by atoms with van der Waals surface area (Å²) in [5.41, 5.74) is 0.566. The van der Waals surface area contributed by atoms with Crippen molar-refractivity contribution in [2.24, 2.45) is 0 Å². The Morgan fingerprint density at radius 2 is 2.06 bits per heavy atom. The van der Waals surface area contributed by atoms with E-state index in [0.29, 0.717) is 5.75 Å². The quantitative estimate of drug-likeness (QED) is 0.585. The van der Waals surface area contributed by atoms with Crippen molar-refractivity contribution in [2.75, 3.05) is 13.7 Å². The van der Waals surface area contributed by atoms with E-state index in [1.807, 2.05) is 24.3 Å². The van der Waals surface area contributed by atoms with E-state index in [0.717, 1.165) is 18.4 Å². The lowest BCUT2D eigenvalue weighted by atomic mass is 9.96. The SMILES string of the molecule is C#CCOc1ccc(C2(C(=O)OC)CC2)cc1. The minimum absolute atomic E-state index is 0.158. The van der Waals surface area contributed by atoms with Gasteiger partial charge in [0.05, 0.1) is 12.5 Å². The van der Waals surface area contributed by atoms with Gasteiger partial charge in [0.2, 0.25) is 0 Å². The molecule has 1 aliphatic rings. The van der Waals surface area contributed by atoms with Crippen LogP contribution in [0.15, 0.2) is 24.3 Å². The van der Waals surface area contributed by atoms with Crippen LogP contribution in [0, 0.1) is 12.3 Å². The molecule has 0 bridgehead atoms. The molecule has 3 nitrogen and oxygen atoms in total. The van der Waals surface area contributed by atoms with Crippen LogP contribution in [-0.4, -0.2) is 19.7 Å². The standard InChI is InChI=1S/C14H14O3/c1-3-10-17-12-6-4-11(5-7-12)14(8-9-14)13(15)16-2/h1,4-7H,8-10H2,2H3. The Hall–Kier alpha value is -1.95. The maximum absolute atomic E-state index is 11.7. The second kappa shape index (κ2) is 4.50. The second-order valence-corrected chi connectivity index (χ2v) is 4.09. The molecule has 0 amide bonds. The highest BCUT2D eigenvalue weighted by Gasteiger charge is 2.52. The minimum Gasteiger partial charge on any atom is -0.481 e. The number of methoxy groups -OCH3 is 1. The van der Waals surface area contributed by atoms with Gasteiger partial charge in [-0.1, -0.05) is 18.1 Å². The second-order valence-electron chi connectivity index (χ2n) is 4.09. The van der Waals surface area contributed by atoms with Gasteiger partial charge >= 0.3 is 5.97 Å². The Morgan fingerprint density at radius 1 is 1.41 bits per heavy atom. The van der Waals surface area contributed by atoms with Crippen molar-refractivity contribution >= 4 is 5.97 Å². The first kappa shape index (κ1) is 11.5. The monoisotopic (exact) mass is 230 g/mol. The zero-order chi connectivity index (χ0) is 12.3. The van der Waals surface area contributed by atoms with Gasteiger partial charge in [-0.25, -0.2) is 0 Å². The molecule has 0 N–H and O–H groups in total. The first-order valence-corrected chi connectivity index (χ1v) is 5.48. The number of esters is 1. The van der Waals surface area contributed by atoms with Crippen molar-refractivity contribution in [1.29, 1.82) is 0 Å². The summed E-state index contributed by atoms with van der Waals surface area (Å²) in [5.74, 6) is 2.96. The number of terminal acetylenes is 1. The summed E-state index contributed by atoms with van der Waals surface area (Å²) in [6, 6.07) is 7.46. The summed E-state index contributed by atoms with van der Waals surface area (Å²) < 4.78 is 10.1. The molecule has 0 aliphatic heterocycles. The summed E-state index contributed by atoms with van der Waals surface area (Å²) in [4.78, 5) is 11.7. The minimum atomic E-state index is -0.417. The molecule has 17 heavy (non-hydrogen) atoms. The molecule has 3 heteroatoms. The molecule has 0 radical (unpaired) electrons. The number of hydrogen-bond acceptors (Lipinski definition) is 3. The Balaban J connectivity index is 2.14. The molecule has 0 unspecified atom stereocenters. The van der Waals surface area contributed by atoms with Gasteiger partial charge in [-0.3, -0.25) is 4.79 Å². The number of carbonyl (C=O) groups is 1. The van der Waals surface area contributed by atoms with Crippen molar-refractivity contribution in [1.82, 2.24) is 0 Å². The number of hydrogen-bond donors (Lipinski definition) is 0. The summed E-state index contributed by atoms with van der Waals surface area (Å²) >= 11 is 0. The maximum Gasteiger partial charge on any atom is 0.316 e. The summed E-state index contributed by atoms with van der Waals surface area (Å²) in [7, 11) is 1.42. The molecule has 1 aliphatic carbocycles. The van der Waals surface area contributed by atoms with Gasteiger partial charge in [-0.2, -0.15) is 0 Å². The van der Waals surface area contributed by atoms with Crippen LogP contribution in [0.2, 0.25) is 0 Å². The number of rotatable bonds is 4. The molecule has 88 valence electrons. The number of ether oxygens (including phenoxy) is 2. The maximum atomic E-state index is 11.7. The highest BCUT2D eigenvalue weighted by atomic mass is 16.5. The van der Waals surface area contributed by atoms with E-state index in [1.54, 1.807) is 0 Å². The molecular formula is C14H14O3. The zero-order valence-electron chi connectivity index (χ0n) is 9.73. The van der Waals surface area contributed by atoms with Crippen molar-refractivity contribution in [3.8, 4) is 18.1 Å². The lowest BCUT2D eigenvalue weighted by molar-refractivity contribution is -0.143. The largest absolute Gasteiger partial charge is 0.481 e. The zero-order valence-corrected chi connectivity index (χ0v) is 9.73. The van der Waals surface area contributed by atoms with Crippen LogP contribution in [0.5, 0.6) is 5.75 Å². The van der Waals surface area contributed by atoms with Crippen LogP contribution in [0.4, 0.5) is 0 Å². The molecule has 0 saturated heterocycles. The van der Waals surface area contributed by atoms with Gasteiger partial charge in [-0.15, -0.1) is 6.42 Å². The van der Waals surface area contributed by atoms with E-state index in [4.69, 9.17) is 15.9 Å². The third-order valence-electron chi connectivity index (χ3n) is 3.06. The molecular weight excluding hydrogens is 216 g/mol. The van der Waals surface area contributed by atoms with Crippen molar-refractivity contribution in [2.45, 2.75) is 18.3 Å². The number of carbonyl (C=O) groups excluding carboxylic acids is 1. The first-order chi connectivity index (χ1) is 8.23. The number of benzene rings is 1. The van der Waals surface area contributed by atoms with Gasteiger partial charge in [-0.05, 0) is 30.5 Å². The van der Waals surface area contributed by atoms with Crippen LogP contribution in [0.3, 0.4) is 0 Å². The van der Waals surface area contributed by atoms with Gasteiger partial charge < -0.3 is 9.47 Å². The smallest absolute Gasteiger partial charge is 0.316 e. The van der Waals surface area contributed by atoms with Crippen molar-refractivity contribution in [3.63, 3.8) is 0 Å². The summed E-state index contributed by atoms with van der Waals surface area (Å²) in [5, 5.41) is 0. The highest BCUT2D eigenvalue weighted by molar-refractivity contribution is 5.86. The predicted octanol–water partition coefficient (Wildman–Crippen LogP) is 1.90. The van der Waals surface area contributed by atoms with Crippen LogP contribution < -0.4 is 4.74 Å². The molecule has 0 aromatic heterocycles. The van der Waals surface area contributed by atoms with E-state index in [9.17, 15) is 4.79 Å². The van der Waals surface area contributed by atoms with Gasteiger partial charge in [0.25, 0.3) is 0 Å². The van der Waals surface area contributed by atoms with Crippen LogP contribution in [0.1, 0.15) is 18.4 Å². The van der Waals surface area contributed by atoms with Crippen molar-refractivity contribution < 1.29 is 14.3 Å². The third kappa shape index (κ3) is 2.12. The molecule has 2 rings (SSSR count). The van der Waals surface area contributed by atoms with Gasteiger partial charge in [0.15, 0.2) is 0 Å². The topological polar surface area (TPSA) is 35.5 Å². The lowest BCUT2D eigenvalue weighted by Crippen LogP contribution is -2.21. The Bertz CT molecular complexity index is 449. The van der Waals surface area contributed by atoms with Crippen LogP contribution in [-0.2, 0) is 14.9 Å². The predicted molar refractivity (Wildman–Crippen MR) is 63.7 cm³/mol. The summed E-state index contributed by atoms with van der Waals surface area (Å²) in [6.07, 6.45) is 6.81. The fourth-order valence-electron chi connectivity index (χ4n) is 1.93. The molecule has 0 spiro atoms. The van der Waals surface area contributed by atoms with E-state index < -0.39 is 5.41 Å². The molecule has 1 saturated carbocycles. The molecule has 0 atom stereocenters. The van der Waals surface area contributed by atoms with E-state index >= 15 is 0 Å². The molecule has 1 aromatic rings. The summed E-state index contributed by atoms with van der Waals surface area (Å²) in [6.45, 7) is 0.251. The van der Waals surface area contributed by atoms with Crippen molar-refractivity contribution in [3.05, 3.63) is 29.8 Å². The van der Waals surface area contributed by atoms with E-state index in [2.05, 4.69) is 5.92 Å². The van der Waals surface area contributed by atoms with E-state index in [1.165, 1.54) is 7.11 Å². The Kier molecular flexibility index (Phi) is 3.06. The van der Waals surface area contributed by atoms with E-state index in [-0.39, 0.29) is 12.6 Å². The Morgan fingerprint density at radius 3 is 2.53 bits per heavy atom. The normalized spacial score (nSPS) is 15.8. The average molecular weight is 230 g/mol. The van der Waals surface area contributed by atoms with Gasteiger partial charge in [0, 0.05) is 0 Å². The fourth-order valence-corrected chi connectivity index (χ4v) is 1.93. The van der Waals surface area contributed by atoms with Gasteiger partial charge in [0.1, 0.15) is 12.4 Å². The average Bonchev–Trinajstić information content (AvgIpc) is 3.17. The van der Waals surface area contributed by atoms with Crippen LogP contribution >= 0.6 is 0 Å². The van der Waals surface area contributed by atoms with Crippen LogP contribution in [0.25, 0.3) is 0 Å².